The van der Waals surface area contributed by atoms with Crippen LogP contribution >= 0.6 is 0 Å². The molecule has 3 nitrogen and oxygen atoms in total. The number of alkyl halides is 3. The van der Waals surface area contributed by atoms with Gasteiger partial charge in [0.2, 0.25) is 0 Å². The van der Waals surface area contributed by atoms with E-state index < -0.39 is 11.7 Å². The van der Waals surface area contributed by atoms with E-state index in [-0.39, 0.29) is 6.04 Å². The second kappa shape index (κ2) is 6.25. The predicted molar refractivity (Wildman–Crippen MR) is 82.8 cm³/mol. The normalized spacial score (nSPS) is 16.2. The van der Waals surface area contributed by atoms with Crippen molar-refractivity contribution in [2.45, 2.75) is 26.1 Å². The SMILES string of the molecule is CC(C)N=C(N)C1=CCN(c2cccc(C(F)(F)F)c2)C=C1. The summed E-state index contributed by atoms with van der Waals surface area (Å²) in [6, 6.07) is 5.33. The first-order chi connectivity index (χ1) is 10.3. The molecule has 0 aliphatic carbocycles. The molecule has 0 amide bonds. The van der Waals surface area contributed by atoms with Gasteiger partial charge in [-0.1, -0.05) is 12.1 Å². The molecule has 0 spiro atoms. The Morgan fingerprint density at radius 1 is 1.32 bits per heavy atom. The molecule has 1 aromatic rings. The molecule has 0 saturated heterocycles. The van der Waals surface area contributed by atoms with Gasteiger partial charge in [-0.25, -0.2) is 0 Å². The van der Waals surface area contributed by atoms with Crippen LogP contribution in [-0.4, -0.2) is 18.4 Å². The lowest BCUT2D eigenvalue weighted by Crippen LogP contribution is -2.24. The summed E-state index contributed by atoms with van der Waals surface area (Å²) < 4.78 is 38.2. The average Bonchev–Trinajstić information content (AvgIpc) is 2.46. The lowest BCUT2D eigenvalue weighted by Gasteiger charge is -2.23. The van der Waals surface area contributed by atoms with Gasteiger partial charge < -0.3 is 10.6 Å². The number of benzene rings is 1. The zero-order valence-electron chi connectivity index (χ0n) is 12.4. The van der Waals surface area contributed by atoms with Crippen LogP contribution in [0.3, 0.4) is 0 Å². The first kappa shape index (κ1) is 16.1. The van der Waals surface area contributed by atoms with Gasteiger partial charge in [-0.3, -0.25) is 4.99 Å². The van der Waals surface area contributed by atoms with Crippen LogP contribution in [-0.2, 0) is 6.18 Å². The molecule has 0 bridgehead atoms. The van der Waals surface area contributed by atoms with E-state index in [9.17, 15) is 13.2 Å². The van der Waals surface area contributed by atoms with Crippen LogP contribution in [0.2, 0.25) is 0 Å². The second-order valence-corrected chi connectivity index (χ2v) is 5.28. The molecular formula is C16H18F3N3. The van der Waals surface area contributed by atoms with Gasteiger partial charge >= 0.3 is 6.18 Å². The maximum Gasteiger partial charge on any atom is 0.416 e. The number of rotatable bonds is 3. The Hall–Kier alpha value is -2.24. The van der Waals surface area contributed by atoms with Gasteiger partial charge in [0.25, 0.3) is 0 Å². The van der Waals surface area contributed by atoms with E-state index in [4.69, 9.17) is 5.73 Å². The highest BCUT2D eigenvalue weighted by atomic mass is 19.4. The number of nitrogens with two attached hydrogens (primary N) is 1. The molecular weight excluding hydrogens is 291 g/mol. The summed E-state index contributed by atoms with van der Waals surface area (Å²) in [6.07, 6.45) is 0.977. The summed E-state index contributed by atoms with van der Waals surface area (Å²) in [5.74, 6) is 0.440. The van der Waals surface area contributed by atoms with Crippen molar-refractivity contribution in [2.75, 3.05) is 11.4 Å². The van der Waals surface area contributed by atoms with Gasteiger partial charge in [-0.05, 0) is 38.1 Å². The van der Waals surface area contributed by atoms with E-state index >= 15 is 0 Å². The number of hydrogen-bond donors (Lipinski definition) is 1. The second-order valence-electron chi connectivity index (χ2n) is 5.28. The van der Waals surface area contributed by atoms with Crippen molar-refractivity contribution in [3.05, 3.63) is 53.8 Å². The van der Waals surface area contributed by atoms with Crippen LogP contribution in [0, 0.1) is 0 Å². The van der Waals surface area contributed by atoms with Crippen molar-refractivity contribution in [3.63, 3.8) is 0 Å². The van der Waals surface area contributed by atoms with E-state index in [2.05, 4.69) is 4.99 Å². The van der Waals surface area contributed by atoms with Crippen LogP contribution < -0.4 is 10.6 Å². The number of halogens is 3. The molecule has 1 aliphatic rings. The number of aliphatic imine (C=N–C) groups is 1. The minimum atomic E-state index is -4.34. The highest BCUT2D eigenvalue weighted by molar-refractivity contribution is 6.00. The zero-order chi connectivity index (χ0) is 16.3. The third-order valence-corrected chi connectivity index (χ3v) is 3.14. The van der Waals surface area contributed by atoms with Gasteiger partial charge in [0.1, 0.15) is 5.84 Å². The number of hydrogen-bond acceptors (Lipinski definition) is 2. The first-order valence-electron chi connectivity index (χ1n) is 6.93. The first-order valence-corrected chi connectivity index (χ1v) is 6.93. The summed E-state index contributed by atoms with van der Waals surface area (Å²) in [6.45, 7) is 4.30. The van der Waals surface area contributed by atoms with Gasteiger partial charge in [0, 0.05) is 30.0 Å². The maximum atomic E-state index is 12.7. The van der Waals surface area contributed by atoms with E-state index in [1.165, 1.54) is 6.07 Å². The van der Waals surface area contributed by atoms with Crippen molar-refractivity contribution in [1.82, 2.24) is 0 Å². The molecule has 0 atom stereocenters. The van der Waals surface area contributed by atoms with E-state index in [0.717, 1.165) is 17.7 Å². The Morgan fingerprint density at radius 2 is 2.05 bits per heavy atom. The quantitative estimate of drug-likeness (QED) is 0.683. The third-order valence-electron chi connectivity index (χ3n) is 3.14. The van der Waals surface area contributed by atoms with Crippen molar-refractivity contribution in [3.8, 4) is 0 Å². The van der Waals surface area contributed by atoms with E-state index in [1.54, 1.807) is 23.2 Å². The summed E-state index contributed by atoms with van der Waals surface area (Å²) in [7, 11) is 0. The maximum absolute atomic E-state index is 12.7. The Labute approximate surface area is 127 Å². The van der Waals surface area contributed by atoms with Crippen molar-refractivity contribution in [2.24, 2.45) is 10.7 Å². The minimum Gasteiger partial charge on any atom is -0.384 e. The van der Waals surface area contributed by atoms with Crippen LogP contribution in [0.1, 0.15) is 19.4 Å². The molecule has 1 heterocycles. The summed E-state index contributed by atoms with van der Waals surface area (Å²) >= 11 is 0. The molecule has 2 N–H and O–H groups in total. The van der Waals surface area contributed by atoms with Crippen molar-refractivity contribution in [1.29, 1.82) is 0 Å². The average molecular weight is 309 g/mol. The van der Waals surface area contributed by atoms with Crippen LogP contribution in [0.4, 0.5) is 18.9 Å². The third kappa shape index (κ3) is 3.90. The van der Waals surface area contributed by atoms with Gasteiger partial charge in [-0.2, -0.15) is 13.2 Å². The standard InChI is InChI=1S/C16H18F3N3/c1-11(2)21-15(20)12-6-8-22(9-7-12)14-5-3-4-13(10-14)16(17,18)19/h3-8,10-11H,9H2,1-2H3,(H2,20,21). The van der Waals surface area contributed by atoms with Gasteiger partial charge in [-0.15, -0.1) is 0 Å². The Kier molecular flexibility index (Phi) is 4.59. The predicted octanol–water partition coefficient (Wildman–Crippen LogP) is 3.73. The topological polar surface area (TPSA) is 41.6 Å². The Morgan fingerprint density at radius 3 is 2.59 bits per heavy atom. The molecule has 2 rings (SSSR count). The van der Waals surface area contributed by atoms with Crippen molar-refractivity contribution < 1.29 is 13.2 Å². The Balaban J connectivity index is 2.16. The van der Waals surface area contributed by atoms with Crippen LogP contribution in [0.5, 0.6) is 0 Å². The zero-order valence-corrected chi connectivity index (χ0v) is 12.4. The molecule has 6 heteroatoms. The fourth-order valence-electron chi connectivity index (χ4n) is 2.09. The number of nitrogens with zero attached hydrogens (tertiary/aromatic N) is 2. The molecule has 1 aliphatic heterocycles. The number of anilines is 1. The molecule has 0 unspecified atom stereocenters. The van der Waals surface area contributed by atoms with E-state index in [0.29, 0.717) is 18.1 Å². The monoisotopic (exact) mass is 309 g/mol. The molecule has 118 valence electrons. The fraction of sp³-hybridized carbons (Fsp3) is 0.312. The largest absolute Gasteiger partial charge is 0.416 e. The van der Waals surface area contributed by atoms with E-state index in [1.807, 2.05) is 19.9 Å². The summed E-state index contributed by atoms with van der Waals surface area (Å²) in [5.41, 5.74) is 6.50. The fourth-order valence-corrected chi connectivity index (χ4v) is 2.09. The molecule has 1 aromatic carbocycles. The van der Waals surface area contributed by atoms with Crippen molar-refractivity contribution >= 4 is 11.5 Å². The number of amidine groups is 1. The lowest BCUT2D eigenvalue weighted by atomic mass is 10.1. The van der Waals surface area contributed by atoms with Crippen LogP contribution in [0.25, 0.3) is 0 Å². The molecule has 0 fully saturated rings. The van der Waals surface area contributed by atoms with Gasteiger partial charge in [0.05, 0.1) is 5.56 Å². The summed E-state index contributed by atoms with van der Waals surface area (Å²) in [4.78, 5) is 5.98. The summed E-state index contributed by atoms with van der Waals surface area (Å²) in [5, 5.41) is 0. The van der Waals surface area contributed by atoms with Gasteiger partial charge in [0.15, 0.2) is 0 Å². The molecule has 0 radical (unpaired) electrons. The highest BCUT2D eigenvalue weighted by Gasteiger charge is 2.30. The van der Waals surface area contributed by atoms with Crippen LogP contribution in [0.15, 0.2) is 53.2 Å². The molecule has 0 aromatic heterocycles. The lowest BCUT2D eigenvalue weighted by molar-refractivity contribution is -0.137. The minimum absolute atomic E-state index is 0.0933. The molecule has 22 heavy (non-hydrogen) atoms. The molecule has 0 saturated carbocycles. The highest BCUT2D eigenvalue weighted by Crippen LogP contribution is 2.32. The Bertz CT molecular complexity index is 628. The smallest absolute Gasteiger partial charge is 0.384 e.